The summed E-state index contributed by atoms with van der Waals surface area (Å²) in [5.74, 6) is -1.64. The van der Waals surface area contributed by atoms with Crippen LogP contribution in [0.4, 0.5) is 8.78 Å². The Morgan fingerprint density at radius 2 is 1.93 bits per heavy atom. The van der Waals surface area contributed by atoms with E-state index in [1.807, 2.05) is 6.07 Å². The van der Waals surface area contributed by atoms with Crippen molar-refractivity contribution in [1.82, 2.24) is 19.6 Å². The van der Waals surface area contributed by atoms with Crippen molar-refractivity contribution in [2.45, 2.75) is 6.92 Å². The third-order valence-corrected chi connectivity index (χ3v) is 4.12. The number of aromatic hydroxyl groups is 1. The number of fused-ring (bicyclic) bond motifs is 1. The summed E-state index contributed by atoms with van der Waals surface area (Å²) in [6.45, 7) is 1.65. The number of halogens is 2. The van der Waals surface area contributed by atoms with Crippen molar-refractivity contribution in [3.63, 3.8) is 0 Å². The van der Waals surface area contributed by atoms with E-state index < -0.39 is 11.6 Å². The SMILES string of the molecule is Cc1nn2c(O)cc(-c3ccc(C#N)nc3)nc2c1-c1ccc(F)cc1F.[K]. The molecule has 4 aromatic rings. The van der Waals surface area contributed by atoms with E-state index in [1.54, 1.807) is 13.0 Å². The first kappa shape index (κ1) is 20.5. The quantitative estimate of drug-likeness (QED) is 0.520. The van der Waals surface area contributed by atoms with Crippen LogP contribution in [-0.4, -0.2) is 76.1 Å². The minimum atomic E-state index is -0.750. The first-order chi connectivity index (χ1) is 13.0. The van der Waals surface area contributed by atoms with Crippen LogP contribution in [0.3, 0.4) is 0 Å². The molecule has 0 saturated carbocycles. The number of pyridine rings is 1. The van der Waals surface area contributed by atoms with E-state index in [0.717, 1.165) is 12.1 Å². The fourth-order valence-electron chi connectivity index (χ4n) is 2.87. The van der Waals surface area contributed by atoms with E-state index in [2.05, 4.69) is 15.1 Å². The summed E-state index contributed by atoms with van der Waals surface area (Å²) in [7, 11) is 0. The van der Waals surface area contributed by atoms with Crippen LogP contribution < -0.4 is 0 Å². The van der Waals surface area contributed by atoms with E-state index in [-0.39, 0.29) is 74.2 Å². The van der Waals surface area contributed by atoms with E-state index in [9.17, 15) is 13.9 Å². The fourth-order valence-corrected chi connectivity index (χ4v) is 2.87. The molecule has 6 nitrogen and oxygen atoms in total. The van der Waals surface area contributed by atoms with Crippen molar-refractivity contribution in [2.24, 2.45) is 0 Å². The van der Waals surface area contributed by atoms with Crippen molar-refractivity contribution in [3.05, 3.63) is 65.6 Å². The van der Waals surface area contributed by atoms with Crippen LogP contribution in [0, 0.1) is 29.9 Å². The van der Waals surface area contributed by atoms with Crippen LogP contribution in [0.25, 0.3) is 28.0 Å². The summed E-state index contributed by atoms with van der Waals surface area (Å²) in [5, 5.41) is 23.4. The van der Waals surface area contributed by atoms with Crippen LogP contribution in [0.15, 0.2) is 42.6 Å². The number of aromatic nitrogens is 4. The maximum Gasteiger partial charge on any atom is 0.216 e. The van der Waals surface area contributed by atoms with Gasteiger partial charge in [-0.2, -0.15) is 14.9 Å². The number of hydrogen-bond donors (Lipinski definition) is 1. The molecule has 0 amide bonds. The minimum absolute atomic E-state index is 0. The summed E-state index contributed by atoms with van der Waals surface area (Å²) in [6.07, 6.45) is 1.46. The topological polar surface area (TPSA) is 87.1 Å². The summed E-state index contributed by atoms with van der Waals surface area (Å²) in [4.78, 5) is 8.47. The minimum Gasteiger partial charge on any atom is -0.493 e. The van der Waals surface area contributed by atoms with Gasteiger partial charge in [-0.1, -0.05) is 0 Å². The van der Waals surface area contributed by atoms with Crippen LogP contribution >= 0.6 is 0 Å². The Bertz CT molecular complexity index is 1230. The van der Waals surface area contributed by atoms with Crippen LogP contribution in [0.1, 0.15) is 11.4 Å². The van der Waals surface area contributed by atoms with Crippen molar-refractivity contribution in [3.8, 4) is 34.3 Å². The van der Waals surface area contributed by atoms with Crippen molar-refractivity contribution < 1.29 is 13.9 Å². The molecule has 0 aliphatic rings. The summed E-state index contributed by atoms with van der Waals surface area (Å²) < 4.78 is 28.8. The molecular formula is C19H11F2KN5O. The monoisotopic (exact) mass is 402 g/mol. The fraction of sp³-hybridized carbons (Fsp3) is 0.0526. The van der Waals surface area contributed by atoms with Gasteiger partial charge in [-0.05, 0) is 31.2 Å². The Morgan fingerprint density at radius 3 is 2.57 bits per heavy atom. The smallest absolute Gasteiger partial charge is 0.216 e. The molecule has 1 radical (unpaired) electrons. The molecule has 9 heteroatoms. The first-order valence-corrected chi connectivity index (χ1v) is 7.89. The molecule has 28 heavy (non-hydrogen) atoms. The van der Waals surface area contributed by atoms with Gasteiger partial charge in [0, 0.05) is 80.8 Å². The Hall–Kier alpha value is -2.22. The van der Waals surface area contributed by atoms with Crippen molar-refractivity contribution >= 4 is 57.0 Å². The predicted octanol–water partition coefficient (Wildman–Crippen LogP) is 3.24. The number of aryl methyl sites for hydroxylation is 1. The Kier molecular flexibility index (Phi) is 5.88. The second-order valence-electron chi connectivity index (χ2n) is 5.86. The number of benzene rings is 1. The zero-order valence-electron chi connectivity index (χ0n) is 15.0. The first-order valence-electron chi connectivity index (χ1n) is 7.89. The largest absolute Gasteiger partial charge is 0.493 e. The molecule has 0 fully saturated rings. The molecule has 0 atom stereocenters. The van der Waals surface area contributed by atoms with Gasteiger partial charge in [-0.15, -0.1) is 0 Å². The zero-order chi connectivity index (χ0) is 19.1. The van der Waals surface area contributed by atoms with Gasteiger partial charge in [-0.3, -0.25) is 0 Å². The molecule has 0 unspecified atom stereocenters. The molecule has 3 aromatic heterocycles. The third kappa shape index (κ3) is 3.57. The van der Waals surface area contributed by atoms with Gasteiger partial charge < -0.3 is 5.11 Å². The van der Waals surface area contributed by atoms with E-state index in [4.69, 9.17) is 5.26 Å². The second kappa shape index (κ2) is 8.03. The maximum atomic E-state index is 14.3. The molecule has 0 aliphatic carbocycles. The maximum absolute atomic E-state index is 14.3. The molecular weight excluding hydrogens is 391 g/mol. The van der Waals surface area contributed by atoms with Gasteiger partial charge >= 0.3 is 0 Å². The number of nitrogens with zero attached hydrogens (tertiary/aromatic N) is 5. The molecule has 4 rings (SSSR count). The van der Waals surface area contributed by atoms with Crippen LogP contribution in [-0.2, 0) is 0 Å². The average Bonchev–Trinajstić information content (AvgIpc) is 2.98. The molecule has 3 heterocycles. The van der Waals surface area contributed by atoms with Crippen LogP contribution in [0.2, 0.25) is 0 Å². The molecule has 0 spiro atoms. The summed E-state index contributed by atoms with van der Waals surface area (Å²) in [5.41, 5.74) is 2.32. The molecule has 133 valence electrons. The van der Waals surface area contributed by atoms with Crippen LogP contribution in [0.5, 0.6) is 5.88 Å². The van der Waals surface area contributed by atoms with Gasteiger partial charge in [0.05, 0.1) is 17.0 Å². The normalized spacial score (nSPS) is 10.5. The molecule has 0 saturated heterocycles. The van der Waals surface area contributed by atoms with Gasteiger partial charge in [0.15, 0.2) is 5.65 Å². The van der Waals surface area contributed by atoms with Gasteiger partial charge in [-0.25, -0.2) is 18.7 Å². The zero-order valence-corrected chi connectivity index (χ0v) is 18.1. The molecule has 1 aromatic carbocycles. The van der Waals surface area contributed by atoms with Gasteiger partial charge in [0.2, 0.25) is 5.88 Å². The van der Waals surface area contributed by atoms with Gasteiger partial charge in [0.1, 0.15) is 23.4 Å². The Morgan fingerprint density at radius 1 is 1.14 bits per heavy atom. The predicted molar refractivity (Wildman–Crippen MR) is 98.4 cm³/mol. The number of nitriles is 1. The van der Waals surface area contributed by atoms with Crippen molar-refractivity contribution in [2.75, 3.05) is 0 Å². The second-order valence-corrected chi connectivity index (χ2v) is 5.86. The molecule has 0 aliphatic heterocycles. The molecule has 0 bridgehead atoms. The van der Waals surface area contributed by atoms with Gasteiger partial charge in [0.25, 0.3) is 0 Å². The van der Waals surface area contributed by atoms with E-state index in [1.165, 1.54) is 28.9 Å². The van der Waals surface area contributed by atoms with E-state index in [0.29, 0.717) is 22.5 Å². The summed E-state index contributed by atoms with van der Waals surface area (Å²) in [6, 6.07) is 9.73. The molecule has 1 N–H and O–H groups in total. The number of rotatable bonds is 2. The standard InChI is InChI=1S/C19H11F2N5O.K/c1-10-18(14-5-3-12(20)6-15(14)21)19-24-16(7-17(27)26(19)25-10)11-2-4-13(8-22)23-9-11;/h2-7,9,27H,1H3;. The van der Waals surface area contributed by atoms with E-state index >= 15 is 0 Å². The average molecular weight is 402 g/mol. The Balaban J connectivity index is 0.00000225. The third-order valence-electron chi connectivity index (χ3n) is 4.12. The van der Waals surface area contributed by atoms with Crippen molar-refractivity contribution in [1.29, 1.82) is 5.26 Å². The summed E-state index contributed by atoms with van der Waals surface area (Å²) >= 11 is 0. The Labute approximate surface area is 200 Å². The number of hydrogen-bond acceptors (Lipinski definition) is 5.